The summed E-state index contributed by atoms with van der Waals surface area (Å²) in [4.78, 5) is 19.0. The van der Waals surface area contributed by atoms with E-state index in [1.807, 2.05) is 0 Å². The first kappa shape index (κ1) is 11.1. The van der Waals surface area contributed by atoms with Crippen LogP contribution in [0, 0.1) is 11.6 Å². The molecular weight excluding hydrogens is 228 g/mol. The molecule has 2 rings (SSSR count). The Labute approximate surface area is 95.3 Å². The Kier molecular flexibility index (Phi) is 3.04. The molecule has 0 bridgehead atoms. The molecule has 1 N–H and O–H groups in total. The summed E-state index contributed by atoms with van der Waals surface area (Å²) >= 11 is 0. The van der Waals surface area contributed by atoms with Gasteiger partial charge in [-0.05, 0) is 12.1 Å². The molecule has 0 aliphatic rings. The van der Waals surface area contributed by atoms with Gasteiger partial charge in [0.05, 0.1) is 11.9 Å². The number of rotatable bonds is 2. The monoisotopic (exact) mass is 235 g/mol. The molecule has 0 aliphatic carbocycles. The van der Waals surface area contributed by atoms with Crippen molar-refractivity contribution < 1.29 is 13.6 Å². The number of aromatic nitrogens is 2. The van der Waals surface area contributed by atoms with Crippen molar-refractivity contribution >= 4 is 11.6 Å². The average molecular weight is 235 g/mol. The minimum atomic E-state index is -0.719. The molecule has 17 heavy (non-hydrogen) atoms. The van der Waals surface area contributed by atoms with Gasteiger partial charge in [0.1, 0.15) is 17.3 Å². The molecule has 2 aromatic rings. The second-order valence-electron chi connectivity index (χ2n) is 3.17. The minimum absolute atomic E-state index is 0.0242. The van der Waals surface area contributed by atoms with E-state index in [9.17, 15) is 13.6 Å². The molecule has 86 valence electrons. The molecule has 1 aromatic carbocycles. The Morgan fingerprint density at radius 2 is 2.06 bits per heavy atom. The Hall–Kier alpha value is -2.37. The molecule has 0 fully saturated rings. The van der Waals surface area contributed by atoms with Crippen molar-refractivity contribution in [3.05, 3.63) is 54.1 Å². The number of hydrogen-bond donors (Lipinski definition) is 1. The quantitative estimate of drug-likeness (QED) is 0.866. The molecule has 1 aromatic heterocycles. The number of nitrogens with zero attached hydrogens (tertiary/aromatic N) is 2. The standard InChI is InChI=1S/C11H7F2N3O/c12-7-1-2-8(13)9(5-7)16-11(17)10-6-14-3-4-15-10/h1-6H,(H,16,17). The molecule has 0 atom stereocenters. The molecule has 6 heteroatoms. The van der Waals surface area contributed by atoms with Crippen LogP contribution < -0.4 is 5.32 Å². The first-order valence-electron chi connectivity index (χ1n) is 4.69. The molecule has 1 heterocycles. The van der Waals surface area contributed by atoms with Crippen LogP contribution in [-0.2, 0) is 0 Å². The summed E-state index contributed by atoms with van der Waals surface area (Å²) in [5.41, 5.74) is -0.211. The van der Waals surface area contributed by atoms with Crippen LogP contribution in [0.2, 0.25) is 0 Å². The van der Waals surface area contributed by atoms with E-state index in [2.05, 4.69) is 15.3 Å². The number of benzene rings is 1. The minimum Gasteiger partial charge on any atom is -0.318 e. The van der Waals surface area contributed by atoms with Crippen molar-refractivity contribution in [2.75, 3.05) is 5.32 Å². The van der Waals surface area contributed by atoms with E-state index >= 15 is 0 Å². The van der Waals surface area contributed by atoms with Crippen molar-refractivity contribution in [3.63, 3.8) is 0 Å². The molecule has 0 spiro atoms. The number of carbonyl (C=O) groups excluding carboxylic acids is 1. The normalized spacial score (nSPS) is 10.0. The maximum atomic E-state index is 13.2. The van der Waals surface area contributed by atoms with Crippen LogP contribution in [0.5, 0.6) is 0 Å². The molecular formula is C11H7F2N3O. The first-order chi connectivity index (χ1) is 8.16. The van der Waals surface area contributed by atoms with Gasteiger partial charge in [0, 0.05) is 18.5 Å². The van der Waals surface area contributed by atoms with Crippen LogP contribution in [0.1, 0.15) is 10.5 Å². The van der Waals surface area contributed by atoms with Crippen molar-refractivity contribution in [2.24, 2.45) is 0 Å². The lowest BCUT2D eigenvalue weighted by Gasteiger charge is -2.05. The number of carbonyl (C=O) groups is 1. The van der Waals surface area contributed by atoms with Gasteiger partial charge >= 0.3 is 0 Å². The van der Waals surface area contributed by atoms with Gasteiger partial charge in [-0.2, -0.15) is 0 Å². The summed E-state index contributed by atoms with van der Waals surface area (Å²) in [6, 6.07) is 2.79. The summed E-state index contributed by atoms with van der Waals surface area (Å²) in [6.45, 7) is 0. The Morgan fingerprint density at radius 1 is 1.24 bits per heavy atom. The number of hydrogen-bond acceptors (Lipinski definition) is 3. The van der Waals surface area contributed by atoms with Crippen molar-refractivity contribution in [3.8, 4) is 0 Å². The Bertz CT molecular complexity index is 546. The van der Waals surface area contributed by atoms with E-state index in [0.717, 1.165) is 18.2 Å². The third kappa shape index (κ3) is 2.60. The second kappa shape index (κ2) is 4.65. The third-order valence-corrected chi connectivity index (χ3v) is 1.97. The van der Waals surface area contributed by atoms with Crippen LogP contribution in [0.4, 0.5) is 14.5 Å². The van der Waals surface area contributed by atoms with Crippen molar-refractivity contribution in [2.45, 2.75) is 0 Å². The first-order valence-corrected chi connectivity index (χ1v) is 4.69. The number of anilines is 1. The zero-order valence-corrected chi connectivity index (χ0v) is 8.52. The summed E-state index contributed by atoms with van der Waals surface area (Å²) in [7, 11) is 0. The lowest BCUT2D eigenvalue weighted by atomic mass is 10.3. The maximum absolute atomic E-state index is 13.2. The average Bonchev–Trinajstić information content (AvgIpc) is 2.35. The highest BCUT2D eigenvalue weighted by atomic mass is 19.1. The lowest BCUT2D eigenvalue weighted by molar-refractivity contribution is 0.102. The van der Waals surface area contributed by atoms with E-state index < -0.39 is 17.5 Å². The molecule has 0 radical (unpaired) electrons. The summed E-state index contributed by atoms with van der Waals surface area (Å²) in [5, 5.41) is 2.21. The van der Waals surface area contributed by atoms with Crippen LogP contribution in [0.3, 0.4) is 0 Å². The summed E-state index contributed by atoms with van der Waals surface area (Å²) < 4.78 is 26.1. The highest BCUT2D eigenvalue weighted by Gasteiger charge is 2.11. The molecule has 4 nitrogen and oxygen atoms in total. The number of halogens is 2. The smallest absolute Gasteiger partial charge is 0.275 e. The van der Waals surface area contributed by atoms with E-state index in [1.165, 1.54) is 18.6 Å². The fraction of sp³-hybridized carbons (Fsp3) is 0. The van der Waals surface area contributed by atoms with E-state index in [4.69, 9.17) is 0 Å². The summed E-state index contributed by atoms with van der Waals surface area (Å²) in [6.07, 6.45) is 3.96. The van der Waals surface area contributed by atoms with Crippen molar-refractivity contribution in [1.29, 1.82) is 0 Å². The van der Waals surface area contributed by atoms with Gasteiger partial charge in [-0.25, -0.2) is 13.8 Å². The van der Waals surface area contributed by atoms with Gasteiger partial charge in [-0.15, -0.1) is 0 Å². The Balaban J connectivity index is 2.22. The predicted molar refractivity (Wildman–Crippen MR) is 56.3 cm³/mol. The third-order valence-electron chi connectivity index (χ3n) is 1.97. The molecule has 0 aliphatic heterocycles. The second-order valence-corrected chi connectivity index (χ2v) is 3.17. The lowest BCUT2D eigenvalue weighted by Crippen LogP contribution is -2.14. The maximum Gasteiger partial charge on any atom is 0.275 e. The SMILES string of the molecule is O=C(Nc1cc(F)ccc1F)c1cnccn1. The number of amides is 1. The largest absolute Gasteiger partial charge is 0.318 e. The van der Waals surface area contributed by atoms with E-state index in [1.54, 1.807) is 0 Å². The van der Waals surface area contributed by atoms with Gasteiger partial charge in [0.2, 0.25) is 0 Å². The molecule has 0 saturated heterocycles. The Morgan fingerprint density at radius 3 is 2.76 bits per heavy atom. The van der Waals surface area contributed by atoms with Gasteiger partial charge < -0.3 is 5.32 Å². The van der Waals surface area contributed by atoms with Crippen molar-refractivity contribution in [1.82, 2.24) is 9.97 Å². The van der Waals surface area contributed by atoms with Gasteiger partial charge in [-0.3, -0.25) is 9.78 Å². The van der Waals surface area contributed by atoms with E-state index in [-0.39, 0.29) is 11.4 Å². The summed E-state index contributed by atoms with van der Waals surface area (Å²) in [5.74, 6) is -2.01. The van der Waals surface area contributed by atoms with Crippen LogP contribution in [0.15, 0.2) is 36.8 Å². The molecule has 0 saturated carbocycles. The molecule has 0 unspecified atom stereocenters. The molecule has 1 amide bonds. The zero-order valence-electron chi connectivity index (χ0n) is 8.52. The zero-order chi connectivity index (χ0) is 12.3. The van der Waals surface area contributed by atoms with Crippen LogP contribution >= 0.6 is 0 Å². The van der Waals surface area contributed by atoms with Gasteiger partial charge in [0.15, 0.2) is 0 Å². The topological polar surface area (TPSA) is 54.9 Å². The highest BCUT2D eigenvalue weighted by molar-refractivity contribution is 6.02. The number of nitrogens with one attached hydrogen (secondary N) is 1. The predicted octanol–water partition coefficient (Wildman–Crippen LogP) is 2.01. The van der Waals surface area contributed by atoms with Crippen LogP contribution in [-0.4, -0.2) is 15.9 Å². The highest BCUT2D eigenvalue weighted by Crippen LogP contribution is 2.15. The fourth-order valence-electron chi connectivity index (χ4n) is 1.20. The van der Waals surface area contributed by atoms with Crippen LogP contribution in [0.25, 0.3) is 0 Å². The fourth-order valence-corrected chi connectivity index (χ4v) is 1.20. The van der Waals surface area contributed by atoms with Gasteiger partial charge in [-0.1, -0.05) is 0 Å². The van der Waals surface area contributed by atoms with Gasteiger partial charge in [0.25, 0.3) is 5.91 Å². The van der Waals surface area contributed by atoms with E-state index in [0.29, 0.717) is 0 Å².